The first-order valence-electron chi connectivity index (χ1n) is 7.31. The fraction of sp³-hybridized carbons (Fsp3) is 0.529. The molecule has 0 amide bonds. The Morgan fingerprint density at radius 1 is 1.06 bits per heavy atom. The maximum atomic E-state index is 10.6. The van der Waals surface area contributed by atoms with Crippen LogP contribution in [0.5, 0.6) is 0 Å². The number of benzene rings is 1. The van der Waals surface area contributed by atoms with Crippen LogP contribution in [-0.4, -0.2) is 11.2 Å². The molecule has 0 saturated carbocycles. The molecule has 3 atom stereocenters. The predicted molar refractivity (Wildman–Crippen MR) is 72.5 cm³/mol. The Morgan fingerprint density at radius 3 is 2.89 bits per heavy atom. The van der Waals surface area contributed by atoms with E-state index in [1.54, 1.807) is 11.1 Å². The molecule has 0 heterocycles. The number of aliphatic hydroxyl groups is 1. The lowest BCUT2D eigenvalue weighted by Crippen LogP contribution is -2.37. The van der Waals surface area contributed by atoms with E-state index in [1.165, 1.54) is 43.2 Å². The van der Waals surface area contributed by atoms with Gasteiger partial charge in [-0.3, -0.25) is 0 Å². The van der Waals surface area contributed by atoms with Gasteiger partial charge in [-0.1, -0.05) is 35.4 Å². The Kier molecular flexibility index (Phi) is 2.38. The first kappa shape index (κ1) is 10.8. The zero-order valence-electron chi connectivity index (χ0n) is 10.7. The minimum absolute atomic E-state index is 0.145. The highest BCUT2D eigenvalue weighted by Crippen LogP contribution is 2.51. The molecule has 3 aliphatic carbocycles. The average Bonchev–Trinajstić information content (AvgIpc) is 2.86. The Bertz CT molecular complexity index is 514. The normalized spacial score (nSPS) is 33.9. The topological polar surface area (TPSA) is 20.2 Å². The van der Waals surface area contributed by atoms with Gasteiger partial charge in [0, 0.05) is 5.92 Å². The standard InChI is InChI=1S/C17H20O/c18-16-10-12-4-1-2-6-13(12)15-9-8-11-5-3-7-14(11)17(15)16/h1-2,4,6,15-18H,3,5,7-10H2/t15-,16+,17+/m1/s1. The van der Waals surface area contributed by atoms with Crippen molar-refractivity contribution in [2.75, 3.05) is 0 Å². The van der Waals surface area contributed by atoms with Crippen LogP contribution in [0, 0.1) is 5.92 Å². The molecule has 1 aromatic carbocycles. The summed E-state index contributed by atoms with van der Waals surface area (Å²) < 4.78 is 0. The zero-order valence-corrected chi connectivity index (χ0v) is 10.7. The van der Waals surface area contributed by atoms with Crippen molar-refractivity contribution < 1.29 is 5.11 Å². The van der Waals surface area contributed by atoms with Gasteiger partial charge in [-0.25, -0.2) is 0 Å². The molecule has 0 bridgehead atoms. The van der Waals surface area contributed by atoms with E-state index < -0.39 is 0 Å². The number of aliphatic hydroxyl groups excluding tert-OH is 1. The minimum Gasteiger partial charge on any atom is -0.392 e. The van der Waals surface area contributed by atoms with Gasteiger partial charge in [0.25, 0.3) is 0 Å². The molecule has 3 aliphatic rings. The fourth-order valence-electron chi connectivity index (χ4n) is 4.55. The molecule has 1 nitrogen and oxygen atoms in total. The second kappa shape index (κ2) is 3.96. The van der Waals surface area contributed by atoms with Gasteiger partial charge in [-0.05, 0) is 55.6 Å². The third-order valence-corrected chi connectivity index (χ3v) is 5.27. The van der Waals surface area contributed by atoms with Gasteiger partial charge in [0.1, 0.15) is 0 Å². The number of hydrogen-bond donors (Lipinski definition) is 1. The smallest absolute Gasteiger partial charge is 0.0651 e. The lowest BCUT2D eigenvalue weighted by molar-refractivity contribution is 0.0934. The SMILES string of the molecule is O[C@H]1Cc2ccccc2[C@H]2CCC3=C(CCC3)[C@@H]21. The second-order valence-corrected chi connectivity index (χ2v) is 6.12. The highest BCUT2D eigenvalue weighted by atomic mass is 16.3. The Labute approximate surface area is 109 Å². The summed E-state index contributed by atoms with van der Waals surface area (Å²) in [5.74, 6) is 1.02. The van der Waals surface area contributed by atoms with Crippen molar-refractivity contribution in [2.24, 2.45) is 5.92 Å². The van der Waals surface area contributed by atoms with Gasteiger partial charge in [-0.15, -0.1) is 0 Å². The van der Waals surface area contributed by atoms with E-state index in [2.05, 4.69) is 24.3 Å². The van der Waals surface area contributed by atoms with Crippen molar-refractivity contribution in [3.8, 4) is 0 Å². The molecular weight excluding hydrogens is 220 g/mol. The van der Waals surface area contributed by atoms with Gasteiger partial charge in [-0.2, -0.15) is 0 Å². The van der Waals surface area contributed by atoms with Gasteiger partial charge >= 0.3 is 0 Å². The van der Waals surface area contributed by atoms with Gasteiger partial charge in [0.2, 0.25) is 0 Å². The lowest BCUT2D eigenvalue weighted by Gasteiger charge is -2.41. The molecule has 0 spiro atoms. The molecule has 94 valence electrons. The third kappa shape index (κ3) is 1.43. The molecule has 1 N–H and O–H groups in total. The van der Waals surface area contributed by atoms with Crippen molar-refractivity contribution in [1.82, 2.24) is 0 Å². The van der Waals surface area contributed by atoms with Crippen LogP contribution in [0.15, 0.2) is 35.4 Å². The van der Waals surface area contributed by atoms with E-state index in [0.717, 1.165) is 6.42 Å². The molecule has 1 aromatic rings. The van der Waals surface area contributed by atoms with Crippen LogP contribution in [0.25, 0.3) is 0 Å². The summed E-state index contributed by atoms with van der Waals surface area (Å²) in [5, 5.41) is 10.6. The molecule has 0 fully saturated rings. The van der Waals surface area contributed by atoms with Crippen LogP contribution in [0.2, 0.25) is 0 Å². The largest absolute Gasteiger partial charge is 0.392 e. The first-order valence-corrected chi connectivity index (χ1v) is 7.31. The second-order valence-electron chi connectivity index (χ2n) is 6.12. The quantitative estimate of drug-likeness (QED) is 0.687. The van der Waals surface area contributed by atoms with Gasteiger partial charge < -0.3 is 5.11 Å². The van der Waals surface area contributed by atoms with E-state index in [9.17, 15) is 5.11 Å². The Morgan fingerprint density at radius 2 is 1.94 bits per heavy atom. The fourth-order valence-corrected chi connectivity index (χ4v) is 4.55. The van der Waals surface area contributed by atoms with Crippen LogP contribution in [0.4, 0.5) is 0 Å². The van der Waals surface area contributed by atoms with E-state index in [4.69, 9.17) is 0 Å². The van der Waals surface area contributed by atoms with E-state index in [0.29, 0.717) is 11.8 Å². The summed E-state index contributed by atoms with van der Waals surface area (Å²) in [5.41, 5.74) is 6.22. The molecule has 18 heavy (non-hydrogen) atoms. The lowest BCUT2D eigenvalue weighted by atomic mass is 9.65. The molecule has 0 aliphatic heterocycles. The van der Waals surface area contributed by atoms with Crippen molar-refractivity contribution >= 4 is 0 Å². The summed E-state index contributed by atoms with van der Waals surface area (Å²) >= 11 is 0. The number of fused-ring (bicyclic) bond motifs is 4. The van der Waals surface area contributed by atoms with Gasteiger partial charge in [0.05, 0.1) is 6.10 Å². The van der Waals surface area contributed by atoms with Crippen LogP contribution >= 0.6 is 0 Å². The van der Waals surface area contributed by atoms with Crippen LogP contribution in [-0.2, 0) is 6.42 Å². The van der Waals surface area contributed by atoms with Crippen LogP contribution < -0.4 is 0 Å². The number of allylic oxidation sites excluding steroid dienone is 1. The average molecular weight is 240 g/mol. The summed E-state index contributed by atoms with van der Waals surface area (Å²) in [6, 6.07) is 8.76. The van der Waals surface area contributed by atoms with E-state index in [1.807, 2.05) is 0 Å². The van der Waals surface area contributed by atoms with Crippen molar-refractivity contribution in [1.29, 1.82) is 0 Å². The minimum atomic E-state index is -0.145. The van der Waals surface area contributed by atoms with Crippen molar-refractivity contribution in [3.63, 3.8) is 0 Å². The number of rotatable bonds is 0. The summed E-state index contributed by atoms with van der Waals surface area (Å²) in [7, 11) is 0. The summed E-state index contributed by atoms with van der Waals surface area (Å²) in [4.78, 5) is 0. The maximum absolute atomic E-state index is 10.6. The maximum Gasteiger partial charge on any atom is 0.0651 e. The van der Waals surface area contributed by atoms with Gasteiger partial charge in [0.15, 0.2) is 0 Å². The monoisotopic (exact) mass is 240 g/mol. The summed E-state index contributed by atoms with van der Waals surface area (Å²) in [6.45, 7) is 0. The predicted octanol–water partition coefficient (Wildman–Crippen LogP) is 3.58. The van der Waals surface area contributed by atoms with Crippen molar-refractivity contribution in [2.45, 2.75) is 50.5 Å². The van der Waals surface area contributed by atoms with E-state index in [-0.39, 0.29) is 6.10 Å². The highest BCUT2D eigenvalue weighted by molar-refractivity contribution is 5.41. The highest BCUT2D eigenvalue weighted by Gasteiger charge is 2.41. The first-order chi connectivity index (χ1) is 8.84. The molecule has 0 saturated heterocycles. The van der Waals surface area contributed by atoms with Crippen LogP contribution in [0.3, 0.4) is 0 Å². The molecule has 0 radical (unpaired) electrons. The number of hydrogen-bond acceptors (Lipinski definition) is 1. The zero-order chi connectivity index (χ0) is 12.1. The summed E-state index contributed by atoms with van der Waals surface area (Å²) in [6.07, 6.45) is 7.10. The Balaban J connectivity index is 1.82. The molecule has 0 unspecified atom stereocenters. The molecule has 0 aromatic heterocycles. The molecular formula is C17H20O. The van der Waals surface area contributed by atoms with E-state index >= 15 is 0 Å². The van der Waals surface area contributed by atoms with Crippen LogP contribution in [0.1, 0.15) is 49.1 Å². The van der Waals surface area contributed by atoms with Crippen molar-refractivity contribution in [3.05, 3.63) is 46.5 Å². The third-order valence-electron chi connectivity index (χ3n) is 5.27. The molecule has 4 rings (SSSR count). The Hall–Kier alpha value is -1.08. The molecule has 1 heteroatoms.